The number of ether oxygens (including phenoxy) is 1. The minimum absolute atomic E-state index is 0.760. The number of hydrogen-bond donors (Lipinski definition) is 0. The van der Waals surface area contributed by atoms with Crippen molar-refractivity contribution in [3.8, 4) is 0 Å². The van der Waals surface area contributed by atoms with Crippen molar-refractivity contribution in [3.05, 3.63) is 41.5 Å². The van der Waals surface area contributed by atoms with Crippen LogP contribution in [0.2, 0.25) is 0 Å². The summed E-state index contributed by atoms with van der Waals surface area (Å²) in [6.45, 7) is 7.64. The number of hydrogen-bond acceptors (Lipinski definition) is 1. The van der Waals surface area contributed by atoms with Crippen LogP contribution in [-0.2, 0) is 17.8 Å². The first kappa shape index (κ1) is 9.47. The lowest BCUT2D eigenvalue weighted by Crippen LogP contribution is -1.93. The van der Waals surface area contributed by atoms with Gasteiger partial charge in [-0.3, -0.25) is 0 Å². The van der Waals surface area contributed by atoms with Gasteiger partial charge in [-0.25, -0.2) is 0 Å². The van der Waals surface area contributed by atoms with Gasteiger partial charge < -0.3 is 4.74 Å². The minimum Gasteiger partial charge on any atom is -0.377 e. The summed E-state index contributed by atoms with van der Waals surface area (Å²) in [5, 5.41) is 0. The van der Waals surface area contributed by atoms with Crippen LogP contribution in [0.5, 0.6) is 0 Å². The molecule has 1 heteroatoms. The summed E-state index contributed by atoms with van der Waals surface area (Å²) in [5.74, 6) is 0. The third kappa shape index (κ3) is 1.88. The van der Waals surface area contributed by atoms with E-state index in [0.717, 1.165) is 31.6 Å². The van der Waals surface area contributed by atoms with Crippen LogP contribution in [0.15, 0.2) is 24.8 Å². The smallest absolute Gasteiger partial charge is 0.0719 e. The summed E-state index contributed by atoms with van der Waals surface area (Å²) >= 11 is 0. The average molecular weight is 188 g/mol. The number of fused-ring (bicyclic) bond motifs is 1. The number of allylic oxidation sites excluding steroid dienone is 1. The van der Waals surface area contributed by atoms with Crippen molar-refractivity contribution in [1.82, 2.24) is 0 Å². The number of aryl methyl sites for hydroxylation is 1. The largest absolute Gasteiger partial charge is 0.377 e. The molecule has 1 aliphatic rings. The summed E-state index contributed by atoms with van der Waals surface area (Å²) < 4.78 is 5.53. The lowest BCUT2D eigenvalue weighted by molar-refractivity contribution is 0.125. The summed E-state index contributed by atoms with van der Waals surface area (Å²) in [6.07, 6.45) is 2.28. The van der Waals surface area contributed by atoms with E-state index in [1.807, 2.05) is 6.92 Å². The monoisotopic (exact) mass is 188 g/mol. The standard InChI is InChI=1S/C13H16O/c1-10(2)12-6-5-11-4-3-7-14-9-13(11)8-12/h5-6,8H,1,3-4,7,9H2,2H3. The van der Waals surface area contributed by atoms with Crippen LogP contribution in [0.3, 0.4) is 0 Å². The van der Waals surface area contributed by atoms with Gasteiger partial charge in [0, 0.05) is 6.61 Å². The van der Waals surface area contributed by atoms with Crippen molar-refractivity contribution >= 4 is 5.57 Å². The lowest BCUT2D eigenvalue weighted by Gasteiger charge is -2.07. The van der Waals surface area contributed by atoms with Gasteiger partial charge >= 0.3 is 0 Å². The van der Waals surface area contributed by atoms with Gasteiger partial charge in [-0.15, -0.1) is 0 Å². The van der Waals surface area contributed by atoms with Gasteiger partial charge in [0.2, 0.25) is 0 Å². The van der Waals surface area contributed by atoms with E-state index in [4.69, 9.17) is 4.74 Å². The van der Waals surface area contributed by atoms with Crippen molar-refractivity contribution < 1.29 is 4.74 Å². The van der Waals surface area contributed by atoms with E-state index >= 15 is 0 Å². The lowest BCUT2D eigenvalue weighted by atomic mass is 9.99. The second kappa shape index (κ2) is 3.97. The molecule has 0 atom stereocenters. The van der Waals surface area contributed by atoms with Crippen LogP contribution in [0.4, 0.5) is 0 Å². The molecule has 1 aromatic rings. The van der Waals surface area contributed by atoms with Crippen molar-refractivity contribution in [2.45, 2.75) is 26.4 Å². The molecule has 14 heavy (non-hydrogen) atoms. The molecular formula is C13H16O. The molecule has 0 N–H and O–H groups in total. The Bertz CT molecular complexity index is 352. The highest BCUT2D eigenvalue weighted by molar-refractivity contribution is 5.62. The van der Waals surface area contributed by atoms with E-state index in [9.17, 15) is 0 Å². The Morgan fingerprint density at radius 3 is 3.00 bits per heavy atom. The Morgan fingerprint density at radius 1 is 1.36 bits per heavy atom. The maximum absolute atomic E-state index is 5.53. The van der Waals surface area contributed by atoms with Gasteiger partial charge in [-0.2, -0.15) is 0 Å². The van der Waals surface area contributed by atoms with Crippen molar-refractivity contribution in [2.75, 3.05) is 6.61 Å². The maximum atomic E-state index is 5.53. The van der Waals surface area contributed by atoms with E-state index in [-0.39, 0.29) is 0 Å². The van der Waals surface area contributed by atoms with Gasteiger partial charge in [0.05, 0.1) is 6.61 Å². The van der Waals surface area contributed by atoms with E-state index in [2.05, 4.69) is 24.8 Å². The molecule has 0 spiro atoms. The first-order chi connectivity index (χ1) is 6.77. The Balaban J connectivity index is 2.37. The van der Waals surface area contributed by atoms with Crippen LogP contribution in [0, 0.1) is 0 Å². The van der Waals surface area contributed by atoms with Crippen LogP contribution in [-0.4, -0.2) is 6.61 Å². The number of rotatable bonds is 1. The summed E-state index contributed by atoms with van der Waals surface area (Å²) in [5.41, 5.74) is 5.13. The molecule has 2 rings (SSSR count). The molecule has 0 radical (unpaired) electrons. The first-order valence-corrected chi connectivity index (χ1v) is 5.13. The Labute approximate surface area is 85.4 Å². The van der Waals surface area contributed by atoms with E-state index in [0.29, 0.717) is 0 Å². The zero-order valence-corrected chi connectivity index (χ0v) is 8.68. The third-order valence-electron chi connectivity index (χ3n) is 2.69. The molecule has 0 bridgehead atoms. The summed E-state index contributed by atoms with van der Waals surface area (Å²) in [6, 6.07) is 6.59. The number of benzene rings is 1. The van der Waals surface area contributed by atoms with E-state index in [1.165, 1.54) is 16.7 Å². The normalized spacial score (nSPS) is 15.8. The Kier molecular flexibility index (Phi) is 2.69. The molecule has 0 aliphatic carbocycles. The van der Waals surface area contributed by atoms with Gasteiger partial charge in [0.1, 0.15) is 0 Å². The van der Waals surface area contributed by atoms with Crippen molar-refractivity contribution in [3.63, 3.8) is 0 Å². The molecule has 74 valence electrons. The zero-order valence-electron chi connectivity index (χ0n) is 8.68. The average Bonchev–Trinajstić information content (AvgIpc) is 2.41. The summed E-state index contributed by atoms with van der Waals surface area (Å²) in [7, 11) is 0. The molecule has 0 amide bonds. The predicted octanol–water partition coefficient (Wildman–Crippen LogP) is 3.18. The fourth-order valence-corrected chi connectivity index (χ4v) is 1.82. The molecule has 0 fully saturated rings. The quantitative estimate of drug-likeness (QED) is 0.657. The third-order valence-corrected chi connectivity index (χ3v) is 2.69. The van der Waals surface area contributed by atoms with Crippen LogP contribution >= 0.6 is 0 Å². The highest BCUT2D eigenvalue weighted by atomic mass is 16.5. The van der Waals surface area contributed by atoms with Gasteiger partial charge in [0.25, 0.3) is 0 Å². The minimum atomic E-state index is 0.760. The highest BCUT2D eigenvalue weighted by Crippen LogP contribution is 2.21. The zero-order chi connectivity index (χ0) is 9.97. The van der Waals surface area contributed by atoms with E-state index in [1.54, 1.807) is 0 Å². The Hall–Kier alpha value is -1.08. The van der Waals surface area contributed by atoms with Crippen LogP contribution in [0.1, 0.15) is 30.0 Å². The molecule has 1 aliphatic heterocycles. The van der Waals surface area contributed by atoms with Crippen molar-refractivity contribution in [1.29, 1.82) is 0 Å². The van der Waals surface area contributed by atoms with E-state index < -0.39 is 0 Å². The first-order valence-electron chi connectivity index (χ1n) is 5.13. The second-order valence-corrected chi connectivity index (χ2v) is 3.92. The predicted molar refractivity (Wildman–Crippen MR) is 59.1 cm³/mol. The second-order valence-electron chi connectivity index (χ2n) is 3.92. The maximum Gasteiger partial charge on any atom is 0.0719 e. The summed E-state index contributed by atoms with van der Waals surface area (Å²) in [4.78, 5) is 0. The molecule has 1 heterocycles. The Morgan fingerprint density at radius 2 is 2.21 bits per heavy atom. The SMILES string of the molecule is C=C(C)c1ccc2c(c1)COCCC2. The molecule has 1 nitrogen and oxygen atoms in total. The molecule has 1 aromatic carbocycles. The fourth-order valence-electron chi connectivity index (χ4n) is 1.82. The van der Waals surface area contributed by atoms with Gasteiger partial charge in [-0.05, 0) is 42.5 Å². The van der Waals surface area contributed by atoms with Crippen LogP contribution < -0.4 is 0 Å². The van der Waals surface area contributed by atoms with Crippen molar-refractivity contribution in [2.24, 2.45) is 0 Å². The molecule has 0 unspecified atom stereocenters. The highest BCUT2D eigenvalue weighted by Gasteiger charge is 2.08. The van der Waals surface area contributed by atoms with Crippen LogP contribution in [0.25, 0.3) is 5.57 Å². The van der Waals surface area contributed by atoms with Gasteiger partial charge in [-0.1, -0.05) is 24.3 Å². The molecule has 0 saturated carbocycles. The molecule has 0 saturated heterocycles. The fraction of sp³-hybridized carbons (Fsp3) is 0.385. The molecule has 0 aromatic heterocycles. The van der Waals surface area contributed by atoms with Gasteiger partial charge in [0.15, 0.2) is 0 Å². The molecular weight excluding hydrogens is 172 g/mol. The topological polar surface area (TPSA) is 9.23 Å².